The van der Waals surface area contributed by atoms with Crippen molar-refractivity contribution in [2.24, 2.45) is 0 Å². The molecular weight excluding hydrogens is 262 g/mol. The van der Waals surface area contributed by atoms with Crippen molar-refractivity contribution >= 4 is 5.78 Å². The maximum atomic E-state index is 12.6. The molecule has 0 aromatic heterocycles. The molecule has 1 aromatic rings. The first kappa shape index (κ1) is 16.2. The Hall–Kier alpha value is -1.19. The Labute approximate surface area is 128 Å². The third kappa shape index (κ3) is 4.14. The van der Waals surface area contributed by atoms with Gasteiger partial charge in [0.15, 0.2) is 5.78 Å². The molecule has 3 heteroatoms. The zero-order valence-corrected chi connectivity index (χ0v) is 13.7. The van der Waals surface area contributed by atoms with E-state index in [1.54, 1.807) is 0 Å². The second-order valence-electron chi connectivity index (χ2n) is 6.85. The molecule has 1 heterocycles. The normalized spacial score (nSPS) is 20.5. The monoisotopic (exact) mass is 289 g/mol. The average Bonchev–Trinajstić information content (AvgIpc) is 2.46. The summed E-state index contributed by atoms with van der Waals surface area (Å²) in [6.45, 7) is 12.0. The smallest absolute Gasteiger partial charge is 0.192 e. The fourth-order valence-electron chi connectivity index (χ4n) is 2.70. The van der Waals surface area contributed by atoms with Gasteiger partial charge in [0.05, 0.1) is 6.61 Å². The minimum atomic E-state index is -0.314. The molecule has 2 rings (SSSR count). The van der Waals surface area contributed by atoms with Gasteiger partial charge >= 0.3 is 0 Å². The molecule has 0 N–H and O–H groups in total. The van der Waals surface area contributed by atoms with E-state index in [0.717, 1.165) is 25.1 Å². The van der Waals surface area contributed by atoms with Crippen LogP contribution in [0.5, 0.6) is 0 Å². The van der Waals surface area contributed by atoms with Crippen molar-refractivity contribution < 1.29 is 9.53 Å². The lowest BCUT2D eigenvalue weighted by Gasteiger charge is -2.32. The number of carbonyl (C=O) groups excluding carboxylic acids is 1. The lowest BCUT2D eigenvalue weighted by molar-refractivity contribution is -0.0163. The van der Waals surface area contributed by atoms with E-state index in [1.807, 2.05) is 12.1 Å². The molecular formula is C18H27NO2. The maximum absolute atomic E-state index is 12.6. The van der Waals surface area contributed by atoms with Crippen LogP contribution in [0.2, 0.25) is 0 Å². The Kier molecular flexibility index (Phi) is 5.17. The fourth-order valence-corrected chi connectivity index (χ4v) is 2.70. The molecule has 0 spiro atoms. The van der Waals surface area contributed by atoms with Gasteiger partial charge in [0.25, 0.3) is 0 Å². The summed E-state index contributed by atoms with van der Waals surface area (Å²) < 4.78 is 5.68. The standard InChI is InChI=1S/C18H27NO2/c1-5-10-19-11-12-21-16(13-19)17(20)14-6-8-15(9-7-14)18(2,3)4/h6-9,16H,5,10-13H2,1-4H3. The van der Waals surface area contributed by atoms with Crippen molar-refractivity contribution in [3.8, 4) is 0 Å². The summed E-state index contributed by atoms with van der Waals surface area (Å²) in [5, 5.41) is 0. The van der Waals surface area contributed by atoms with Crippen LogP contribution in [0.3, 0.4) is 0 Å². The Morgan fingerprint density at radius 2 is 1.95 bits per heavy atom. The predicted molar refractivity (Wildman–Crippen MR) is 85.9 cm³/mol. The summed E-state index contributed by atoms with van der Waals surface area (Å²) in [6, 6.07) is 7.98. The summed E-state index contributed by atoms with van der Waals surface area (Å²) in [7, 11) is 0. The zero-order chi connectivity index (χ0) is 15.5. The number of Topliss-reactive ketones (excluding diaryl/α,β-unsaturated/α-hetero) is 1. The van der Waals surface area contributed by atoms with Gasteiger partial charge in [-0.15, -0.1) is 0 Å². The number of hydrogen-bond acceptors (Lipinski definition) is 3. The van der Waals surface area contributed by atoms with Crippen LogP contribution in [0.4, 0.5) is 0 Å². The van der Waals surface area contributed by atoms with Crippen LogP contribution in [0.15, 0.2) is 24.3 Å². The summed E-state index contributed by atoms with van der Waals surface area (Å²) in [5.74, 6) is 0.108. The number of morpholine rings is 1. The Morgan fingerprint density at radius 3 is 2.52 bits per heavy atom. The highest BCUT2D eigenvalue weighted by atomic mass is 16.5. The van der Waals surface area contributed by atoms with Crippen molar-refractivity contribution in [2.45, 2.75) is 45.6 Å². The minimum Gasteiger partial charge on any atom is -0.367 e. The second kappa shape index (κ2) is 6.71. The lowest BCUT2D eigenvalue weighted by atomic mass is 9.86. The SMILES string of the molecule is CCCN1CCOC(C(=O)c2ccc(C(C)(C)C)cc2)C1. The molecule has 116 valence electrons. The molecule has 3 nitrogen and oxygen atoms in total. The molecule has 0 aliphatic carbocycles. The largest absolute Gasteiger partial charge is 0.367 e. The molecule has 21 heavy (non-hydrogen) atoms. The van der Waals surface area contributed by atoms with Gasteiger partial charge in [-0.25, -0.2) is 0 Å². The molecule has 0 amide bonds. The lowest BCUT2D eigenvalue weighted by Crippen LogP contribution is -2.46. The molecule has 1 fully saturated rings. The summed E-state index contributed by atoms with van der Waals surface area (Å²) in [5.41, 5.74) is 2.11. The predicted octanol–water partition coefficient (Wildman–Crippen LogP) is 3.28. The molecule has 0 bridgehead atoms. The van der Waals surface area contributed by atoms with Gasteiger partial charge in [0.1, 0.15) is 6.10 Å². The number of hydrogen-bond donors (Lipinski definition) is 0. The first-order valence-electron chi connectivity index (χ1n) is 7.90. The van der Waals surface area contributed by atoms with Crippen LogP contribution in [0.25, 0.3) is 0 Å². The Bertz CT molecular complexity index is 471. The van der Waals surface area contributed by atoms with Crippen molar-refractivity contribution in [2.75, 3.05) is 26.2 Å². The van der Waals surface area contributed by atoms with Crippen LogP contribution >= 0.6 is 0 Å². The molecule has 1 aromatic carbocycles. The van der Waals surface area contributed by atoms with E-state index in [2.05, 4.69) is 44.7 Å². The van der Waals surface area contributed by atoms with E-state index in [9.17, 15) is 4.79 Å². The van der Waals surface area contributed by atoms with Gasteiger partial charge in [-0.05, 0) is 23.9 Å². The minimum absolute atomic E-state index is 0.108. The number of ketones is 1. The van der Waals surface area contributed by atoms with Gasteiger partial charge in [0, 0.05) is 18.7 Å². The molecule has 1 aliphatic heterocycles. The summed E-state index contributed by atoms with van der Waals surface area (Å²) in [6.07, 6.45) is 0.798. The van der Waals surface area contributed by atoms with Gasteiger partial charge in [-0.1, -0.05) is 52.0 Å². The van der Waals surface area contributed by atoms with E-state index < -0.39 is 0 Å². The number of rotatable bonds is 4. The first-order chi connectivity index (χ1) is 9.91. The van der Waals surface area contributed by atoms with E-state index in [0.29, 0.717) is 13.2 Å². The first-order valence-corrected chi connectivity index (χ1v) is 7.90. The van der Waals surface area contributed by atoms with Gasteiger partial charge in [-0.3, -0.25) is 9.69 Å². The highest BCUT2D eigenvalue weighted by Gasteiger charge is 2.27. The Morgan fingerprint density at radius 1 is 1.29 bits per heavy atom. The maximum Gasteiger partial charge on any atom is 0.192 e. The van der Waals surface area contributed by atoms with E-state index in [-0.39, 0.29) is 17.3 Å². The summed E-state index contributed by atoms with van der Waals surface area (Å²) >= 11 is 0. The fraction of sp³-hybridized carbons (Fsp3) is 0.611. The number of ether oxygens (including phenoxy) is 1. The van der Waals surface area contributed by atoms with E-state index >= 15 is 0 Å². The molecule has 1 unspecified atom stereocenters. The molecule has 0 radical (unpaired) electrons. The highest BCUT2D eigenvalue weighted by molar-refractivity contribution is 5.99. The molecule has 1 aliphatic rings. The van der Waals surface area contributed by atoms with Crippen molar-refractivity contribution in [1.82, 2.24) is 4.90 Å². The van der Waals surface area contributed by atoms with Crippen LogP contribution in [0.1, 0.15) is 50.0 Å². The van der Waals surface area contributed by atoms with E-state index in [4.69, 9.17) is 4.74 Å². The third-order valence-corrected chi connectivity index (χ3v) is 4.02. The van der Waals surface area contributed by atoms with Crippen LogP contribution in [0, 0.1) is 0 Å². The number of nitrogens with zero attached hydrogens (tertiary/aromatic N) is 1. The van der Waals surface area contributed by atoms with E-state index in [1.165, 1.54) is 5.56 Å². The molecule has 1 atom stereocenters. The van der Waals surface area contributed by atoms with Crippen LogP contribution < -0.4 is 0 Å². The van der Waals surface area contributed by atoms with Crippen LogP contribution in [-0.2, 0) is 10.2 Å². The van der Waals surface area contributed by atoms with Crippen molar-refractivity contribution in [1.29, 1.82) is 0 Å². The summed E-state index contributed by atoms with van der Waals surface area (Å²) in [4.78, 5) is 14.9. The third-order valence-electron chi connectivity index (χ3n) is 4.02. The van der Waals surface area contributed by atoms with Crippen LogP contribution in [-0.4, -0.2) is 43.0 Å². The highest BCUT2D eigenvalue weighted by Crippen LogP contribution is 2.23. The van der Waals surface area contributed by atoms with Gasteiger partial charge < -0.3 is 4.74 Å². The van der Waals surface area contributed by atoms with Gasteiger partial charge in [-0.2, -0.15) is 0 Å². The van der Waals surface area contributed by atoms with Crippen molar-refractivity contribution in [3.63, 3.8) is 0 Å². The molecule has 1 saturated heterocycles. The second-order valence-corrected chi connectivity index (χ2v) is 6.85. The molecule has 0 saturated carbocycles. The average molecular weight is 289 g/mol. The zero-order valence-electron chi connectivity index (χ0n) is 13.7. The quantitative estimate of drug-likeness (QED) is 0.797. The topological polar surface area (TPSA) is 29.5 Å². The number of carbonyl (C=O) groups is 1. The Balaban J connectivity index is 2.05. The van der Waals surface area contributed by atoms with Gasteiger partial charge in [0.2, 0.25) is 0 Å². The number of benzene rings is 1. The van der Waals surface area contributed by atoms with Crippen molar-refractivity contribution in [3.05, 3.63) is 35.4 Å².